The number of rotatable bonds is 1. The molecule has 6 heteroatoms. The maximum atomic E-state index is 12.6. The number of likely N-dealkylation sites (tertiary alicyclic amines) is 1. The highest BCUT2D eigenvalue weighted by molar-refractivity contribution is 14.1. The molecule has 1 aromatic rings. The molecule has 0 aromatic heterocycles. The number of benzene rings is 1. The standard InChI is InChI=1S/C14H16ClIN2O.ClH/c15-10-1-2-12(16)11(7-10)13(19)18-6-4-14(9-18)3-5-17-8-14;/h1-2,7,17H,3-6,8-9H2;1H. The van der Waals surface area contributed by atoms with Crippen molar-refractivity contribution >= 4 is 52.5 Å². The number of nitrogens with zero attached hydrogens (tertiary/aromatic N) is 1. The fourth-order valence-corrected chi connectivity index (χ4v) is 3.82. The Labute approximate surface area is 144 Å². The normalized spacial score (nSPS) is 25.0. The molecule has 1 unspecified atom stereocenters. The SMILES string of the molecule is Cl.O=C(c1cc(Cl)ccc1I)N1CCC2(CCNC2)C1. The van der Waals surface area contributed by atoms with Crippen molar-refractivity contribution in [2.45, 2.75) is 12.8 Å². The smallest absolute Gasteiger partial charge is 0.255 e. The van der Waals surface area contributed by atoms with Gasteiger partial charge in [-0.3, -0.25) is 4.79 Å². The first kappa shape index (κ1) is 16.3. The Balaban J connectivity index is 0.00000147. The van der Waals surface area contributed by atoms with Crippen molar-refractivity contribution in [1.29, 1.82) is 0 Å². The van der Waals surface area contributed by atoms with E-state index in [1.54, 1.807) is 6.07 Å². The second-order valence-electron chi connectivity index (χ2n) is 5.53. The predicted molar refractivity (Wildman–Crippen MR) is 91.9 cm³/mol. The minimum Gasteiger partial charge on any atom is -0.338 e. The Hall–Kier alpha value is -0.0400. The highest BCUT2D eigenvalue weighted by Crippen LogP contribution is 2.36. The molecule has 1 amide bonds. The average molecular weight is 427 g/mol. The van der Waals surface area contributed by atoms with Crippen LogP contribution in [0.15, 0.2) is 18.2 Å². The topological polar surface area (TPSA) is 32.3 Å². The molecule has 0 bridgehead atoms. The molecule has 110 valence electrons. The van der Waals surface area contributed by atoms with Gasteiger partial charge in [-0.25, -0.2) is 0 Å². The van der Waals surface area contributed by atoms with Crippen LogP contribution < -0.4 is 5.32 Å². The monoisotopic (exact) mass is 426 g/mol. The van der Waals surface area contributed by atoms with Gasteiger partial charge in [0.05, 0.1) is 5.56 Å². The molecular weight excluding hydrogens is 410 g/mol. The Kier molecular flexibility index (Phi) is 5.21. The molecule has 0 aliphatic carbocycles. The Morgan fingerprint density at radius 3 is 2.90 bits per heavy atom. The lowest BCUT2D eigenvalue weighted by Gasteiger charge is -2.23. The van der Waals surface area contributed by atoms with E-state index < -0.39 is 0 Å². The molecular formula is C14H17Cl2IN2O. The van der Waals surface area contributed by atoms with Crippen LogP contribution in [0.3, 0.4) is 0 Å². The largest absolute Gasteiger partial charge is 0.338 e. The summed E-state index contributed by atoms with van der Waals surface area (Å²) in [5.74, 6) is 0.121. The highest BCUT2D eigenvalue weighted by atomic mass is 127. The quantitative estimate of drug-likeness (QED) is 0.699. The van der Waals surface area contributed by atoms with Gasteiger partial charge in [-0.15, -0.1) is 12.4 Å². The molecule has 3 nitrogen and oxygen atoms in total. The van der Waals surface area contributed by atoms with E-state index in [9.17, 15) is 4.79 Å². The zero-order chi connectivity index (χ0) is 13.5. The van der Waals surface area contributed by atoms with E-state index in [0.29, 0.717) is 10.4 Å². The number of hydrogen-bond donors (Lipinski definition) is 1. The van der Waals surface area contributed by atoms with Crippen LogP contribution in [-0.4, -0.2) is 37.0 Å². The lowest BCUT2D eigenvalue weighted by molar-refractivity contribution is 0.0774. The molecule has 3 rings (SSSR count). The highest BCUT2D eigenvalue weighted by Gasteiger charge is 2.42. The molecule has 0 radical (unpaired) electrons. The molecule has 1 aromatic carbocycles. The van der Waals surface area contributed by atoms with Crippen LogP contribution in [0, 0.1) is 8.99 Å². The minimum absolute atomic E-state index is 0. The van der Waals surface area contributed by atoms with E-state index >= 15 is 0 Å². The van der Waals surface area contributed by atoms with Gasteiger partial charge >= 0.3 is 0 Å². The zero-order valence-corrected chi connectivity index (χ0v) is 14.7. The molecule has 2 aliphatic heterocycles. The van der Waals surface area contributed by atoms with Crippen LogP contribution in [0.4, 0.5) is 0 Å². The maximum Gasteiger partial charge on any atom is 0.255 e. The summed E-state index contributed by atoms with van der Waals surface area (Å²) in [7, 11) is 0. The third-order valence-corrected chi connectivity index (χ3v) is 5.39. The van der Waals surface area contributed by atoms with Crippen molar-refractivity contribution < 1.29 is 4.79 Å². The summed E-state index contributed by atoms with van der Waals surface area (Å²) in [5.41, 5.74) is 1.05. The second kappa shape index (κ2) is 6.38. The van der Waals surface area contributed by atoms with Crippen LogP contribution in [0.25, 0.3) is 0 Å². The molecule has 1 atom stereocenters. The van der Waals surface area contributed by atoms with Crippen molar-refractivity contribution in [3.05, 3.63) is 32.4 Å². The first-order chi connectivity index (χ1) is 9.10. The third-order valence-electron chi connectivity index (χ3n) is 4.22. The van der Waals surface area contributed by atoms with E-state index in [0.717, 1.165) is 41.7 Å². The van der Waals surface area contributed by atoms with Crippen molar-refractivity contribution in [3.8, 4) is 0 Å². The van der Waals surface area contributed by atoms with E-state index in [1.165, 1.54) is 6.42 Å². The van der Waals surface area contributed by atoms with Gasteiger partial charge in [0.15, 0.2) is 0 Å². The Morgan fingerprint density at radius 1 is 1.40 bits per heavy atom. The second-order valence-corrected chi connectivity index (χ2v) is 7.13. The molecule has 1 N–H and O–H groups in total. The number of amides is 1. The van der Waals surface area contributed by atoms with Crippen LogP contribution in [0.2, 0.25) is 5.02 Å². The molecule has 2 aliphatic rings. The summed E-state index contributed by atoms with van der Waals surface area (Å²) < 4.78 is 0.970. The summed E-state index contributed by atoms with van der Waals surface area (Å²) in [6, 6.07) is 5.51. The van der Waals surface area contributed by atoms with Crippen LogP contribution >= 0.6 is 46.6 Å². The number of carbonyl (C=O) groups is 1. The van der Waals surface area contributed by atoms with E-state index in [2.05, 4.69) is 27.9 Å². The summed E-state index contributed by atoms with van der Waals surface area (Å²) in [4.78, 5) is 14.6. The van der Waals surface area contributed by atoms with Crippen molar-refractivity contribution in [1.82, 2.24) is 10.2 Å². The zero-order valence-electron chi connectivity index (χ0n) is 11.0. The van der Waals surface area contributed by atoms with E-state index in [4.69, 9.17) is 11.6 Å². The van der Waals surface area contributed by atoms with Crippen molar-refractivity contribution in [2.24, 2.45) is 5.41 Å². The minimum atomic E-state index is 0. The van der Waals surface area contributed by atoms with Crippen LogP contribution in [0.1, 0.15) is 23.2 Å². The summed E-state index contributed by atoms with van der Waals surface area (Å²) >= 11 is 8.20. The van der Waals surface area contributed by atoms with Gasteiger partial charge in [-0.05, 0) is 60.2 Å². The first-order valence-electron chi connectivity index (χ1n) is 6.55. The Morgan fingerprint density at radius 2 is 2.20 bits per heavy atom. The van der Waals surface area contributed by atoms with Gasteiger partial charge in [-0.1, -0.05) is 11.6 Å². The molecule has 2 fully saturated rings. The Bertz CT molecular complexity index is 518. The molecule has 20 heavy (non-hydrogen) atoms. The summed E-state index contributed by atoms with van der Waals surface area (Å²) in [6.07, 6.45) is 2.30. The number of carbonyl (C=O) groups excluding carboxylic acids is 1. The molecule has 1 spiro atoms. The van der Waals surface area contributed by atoms with Gasteiger partial charge in [0, 0.05) is 33.6 Å². The van der Waals surface area contributed by atoms with Gasteiger partial charge in [-0.2, -0.15) is 0 Å². The predicted octanol–water partition coefficient (Wildman–Crippen LogP) is 3.19. The maximum absolute atomic E-state index is 12.6. The molecule has 2 saturated heterocycles. The van der Waals surface area contributed by atoms with Crippen LogP contribution in [-0.2, 0) is 0 Å². The van der Waals surface area contributed by atoms with Crippen LogP contribution in [0.5, 0.6) is 0 Å². The number of hydrogen-bond acceptors (Lipinski definition) is 2. The fourth-order valence-electron chi connectivity index (χ4n) is 3.08. The average Bonchev–Trinajstić information content (AvgIpc) is 3.03. The lowest BCUT2D eigenvalue weighted by Crippen LogP contribution is -2.33. The van der Waals surface area contributed by atoms with Gasteiger partial charge in [0.25, 0.3) is 5.91 Å². The first-order valence-corrected chi connectivity index (χ1v) is 8.00. The summed E-state index contributed by atoms with van der Waals surface area (Å²) in [6.45, 7) is 3.87. The molecule has 2 heterocycles. The number of nitrogens with one attached hydrogen (secondary N) is 1. The van der Waals surface area contributed by atoms with Crippen molar-refractivity contribution in [2.75, 3.05) is 26.2 Å². The van der Waals surface area contributed by atoms with Gasteiger partial charge in [0.2, 0.25) is 0 Å². The fraction of sp³-hybridized carbons (Fsp3) is 0.500. The van der Waals surface area contributed by atoms with Crippen molar-refractivity contribution in [3.63, 3.8) is 0 Å². The lowest BCUT2D eigenvalue weighted by atomic mass is 9.86. The van der Waals surface area contributed by atoms with Gasteiger partial charge < -0.3 is 10.2 Å². The molecule has 0 saturated carbocycles. The number of halogens is 3. The third kappa shape index (κ3) is 3.08. The van der Waals surface area contributed by atoms with E-state index in [1.807, 2.05) is 17.0 Å². The van der Waals surface area contributed by atoms with Gasteiger partial charge in [0.1, 0.15) is 0 Å². The van der Waals surface area contributed by atoms with E-state index in [-0.39, 0.29) is 18.3 Å². The summed E-state index contributed by atoms with van der Waals surface area (Å²) in [5, 5.41) is 4.04.